The van der Waals surface area contributed by atoms with Gasteiger partial charge in [0.1, 0.15) is 19.0 Å². The van der Waals surface area contributed by atoms with E-state index in [2.05, 4.69) is 4.98 Å². The Labute approximate surface area is 265 Å². The zero-order valence-electron chi connectivity index (χ0n) is 24.3. The molecule has 1 unspecified atom stereocenters. The molecule has 0 aliphatic rings. The van der Waals surface area contributed by atoms with Crippen LogP contribution in [0.3, 0.4) is 0 Å². The molecule has 0 N–H and O–H groups in total. The Morgan fingerprint density at radius 3 is 2.27 bits per heavy atom. The first-order valence-corrected chi connectivity index (χ1v) is 14.7. The van der Waals surface area contributed by atoms with E-state index in [0.29, 0.717) is 45.7 Å². The van der Waals surface area contributed by atoms with Gasteiger partial charge >= 0.3 is 6.18 Å². The smallest absolute Gasteiger partial charge is 0.416 e. The molecule has 230 valence electrons. The molecule has 44 heavy (non-hydrogen) atoms. The Balaban J connectivity index is 1.45. The number of aryl methyl sites for hydroxylation is 2. The quantitative estimate of drug-likeness (QED) is 0.136. The van der Waals surface area contributed by atoms with Gasteiger partial charge in [0.15, 0.2) is 5.75 Å². The van der Waals surface area contributed by atoms with Gasteiger partial charge in [-0.1, -0.05) is 59.6 Å². The van der Waals surface area contributed by atoms with Crippen molar-refractivity contribution in [2.24, 2.45) is 0 Å². The summed E-state index contributed by atoms with van der Waals surface area (Å²) < 4.78 is 59.4. The van der Waals surface area contributed by atoms with Crippen LogP contribution < -0.4 is 9.47 Å². The number of halogens is 5. The Hall–Kier alpha value is -3.77. The number of ether oxygens (including phenoxy) is 3. The summed E-state index contributed by atoms with van der Waals surface area (Å²) in [5.41, 5.74) is 2.29. The number of nitriles is 1. The number of alkyl halides is 3. The lowest BCUT2D eigenvalue weighted by molar-refractivity contribution is -0.138. The van der Waals surface area contributed by atoms with Crippen LogP contribution in [0, 0.1) is 18.3 Å². The molecule has 0 saturated heterocycles. The minimum absolute atomic E-state index is 0.0715. The summed E-state index contributed by atoms with van der Waals surface area (Å²) in [6, 6.07) is 20.7. The van der Waals surface area contributed by atoms with Crippen LogP contribution in [0.15, 0.2) is 72.9 Å². The molecule has 0 amide bonds. The molecule has 5 nitrogen and oxygen atoms in total. The maximum atomic E-state index is 14.3. The maximum Gasteiger partial charge on any atom is 0.416 e. The third-order valence-corrected chi connectivity index (χ3v) is 7.53. The molecule has 0 spiro atoms. The Bertz CT molecular complexity index is 1580. The standard InChI is InChI=1S/C34H31Cl2F3N2O3/c1-22-16-30(35)33(31(36)17-22)44-15-14-43-26-11-9-23(10-12-26)18-25(20-40)28-21-41-32(19-29(28)34(37,38)39)27-8-4-3-6-24(27)7-5-13-42-2/h3-4,6,8-12,16-17,19,21,25H,5,7,13-15,18H2,1-2H3. The Morgan fingerprint density at radius 2 is 1.61 bits per heavy atom. The molecule has 1 heterocycles. The number of hydrogen-bond acceptors (Lipinski definition) is 5. The fraction of sp³-hybridized carbons (Fsp3) is 0.294. The van der Waals surface area contributed by atoms with E-state index in [1.165, 1.54) is 6.20 Å². The molecule has 0 radical (unpaired) electrons. The highest BCUT2D eigenvalue weighted by Gasteiger charge is 2.36. The van der Waals surface area contributed by atoms with E-state index >= 15 is 0 Å². The molecule has 4 rings (SSSR count). The van der Waals surface area contributed by atoms with E-state index in [4.69, 9.17) is 37.4 Å². The molecule has 0 aliphatic heterocycles. The van der Waals surface area contributed by atoms with E-state index in [1.54, 1.807) is 55.6 Å². The highest BCUT2D eigenvalue weighted by Crippen LogP contribution is 2.39. The first kappa shape index (κ1) is 33.1. The van der Waals surface area contributed by atoms with Crippen molar-refractivity contribution < 1.29 is 27.4 Å². The van der Waals surface area contributed by atoms with E-state index in [9.17, 15) is 18.4 Å². The monoisotopic (exact) mass is 642 g/mol. The second kappa shape index (κ2) is 15.3. The summed E-state index contributed by atoms with van der Waals surface area (Å²) in [6.07, 6.45) is -2.05. The van der Waals surface area contributed by atoms with Crippen molar-refractivity contribution >= 4 is 23.2 Å². The first-order chi connectivity index (χ1) is 21.1. The SMILES string of the molecule is COCCCc1ccccc1-c1cc(C(F)(F)F)c(C(C#N)Cc2ccc(OCCOc3c(Cl)cc(C)cc3Cl)cc2)cn1. The minimum atomic E-state index is -4.67. The number of methoxy groups -OCH3 is 1. The van der Waals surface area contributed by atoms with Crippen LogP contribution in [-0.2, 0) is 23.8 Å². The van der Waals surface area contributed by atoms with Gasteiger partial charge in [-0.25, -0.2) is 0 Å². The van der Waals surface area contributed by atoms with Crippen LogP contribution in [0.5, 0.6) is 11.5 Å². The third-order valence-electron chi connectivity index (χ3n) is 6.96. The summed E-state index contributed by atoms with van der Waals surface area (Å²) in [4.78, 5) is 4.38. The number of nitrogens with zero attached hydrogens (tertiary/aromatic N) is 2. The van der Waals surface area contributed by atoms with Crippen molar-refractivity contribution in [2.75, 3.05) is 26.9 Å². The van der Waals surface area contributed by atoms with E-state index in [1.807, 2.05) is 25.1 Å². The fourth-order valence-corrected chi connectivity index (χ4v) is 5.55. The van der Waals surface area contributed by atoms with Crippen molar-refractivity contribution in [1.82, 2.24) is 4.98 Å². The van der Waals surface area contributed by atoms with E-state index in [0.717, 1.165) is 23.6 Å². The Kier molecular flexibility index (Phi) is 11.5. The number of aromatic nitrogens is 1. The van der Waals surface area contributed by atoms with Gasteiger partial charge in [0.2, 0.25) is 0 Å². The molecule has 1 atom stereocenters. The highest BCUT2D eigenvalue weighted by molar-refractivity contribution is 6.37. The van der Waals surface area contributed by atoms with Gasteiger partial charge in [-0.05, 0) is 73.2 Å². The highest BCUT2D eigenvalue weighted by atomic mass is 35.5. The van der Waals surface area contributed by atoms with Gasteiger partial charge in [0.25, 0.3) is 0 Å². The largest absolute Gasteiger partial charge is 0.490 e. The molecule has 0 saturated carbocycles. The zero-order chi connectivity index (χ0) is 31.7. The van der Waals surface area contributed by atoms with Gasteiger partial charge < -0.3 is 14.2 Å². The second-order valence-electron chi connectivity index (χ2n) is 10.2. The number of benzene rings is 3. The molecule has 0 fully saturated rings. The molecule has 1 aromatic heterocycles. The topological polar surface area (TPSA) is 64.4 Å². The van der Waals surface area contributed by atoms with Crippen LogP contribution in [-0.4, -0.2) is 31.9 Å². The van der Waals surface area contributed by atoms with Gasteiger partial charge in [0.05, 0.1) is 33.3 Å². The number of pyridine rings is 1. The fourth-order valence-electron chi connectivity index (χ4n) is 4.84. The van der Waals surface area contributed by atoms with Gasteiger partial charge in [-0.15, -0.1) is 0 Å². The number of rotatable bonds is 13. The van der Waals surface area contributed by atoms with Gasteiger partial charge in [0, 0.05) is 31.0 Å². The van der Waals surface area contributed by atoms with E-state index in [-0.39, 0.29) is 30.9 Å². The lowest BCUT2D eigenvalue weighted by atomic mass is 9.89. The summed E-state index contributed by atoms with van der Waals surface area (Å²) in [7, 11) is 1.60. The van der Waals surface area contributed by atoms with Crippen LogP contribution >= 0.6 is 23.2 Å². The molecule has 10 heteroatoms. The molecule has 3 aromatic carbocycles. The lowest BCUT2D eigenvalue weighted by Gasteiger charge is -2.19. The molecule has 0 aliphatic carbocycles. The average molecular weight is 644 g/mol. The van der Waals surface area contributed by atoms with Crippen molar-refractivity contribution in [3.05, 3.63) is 111 Å². The van der Waals surface area contributed by atoms with E-state index < -0.39 is 17.7 Å². The van der Waals surface area contributed by atoms with Crippen molar-refractivity contribution in [3.63, 3.8) is 0 Å². The van der Waals surface area contributed by atoms with Crippen LogP contribution in [0.25, 0.3) is 11.3 Å². The third kappa shape index (κ3) is 8.66. The summed E-state index contributed by atoms with van der Waals surface area (Å²) in [6.45, 7) is 2.82. The van der Waals surface area contributed by atoms with Gasteiger partial charge in [-0.2, -0.15) is 18.4 Å². The number of hydrogen-bond donors (Lipinski definition) is 0. The summed E-state index contributed by atoms with van der Waals surface area (Å²) in [5, 5.41) is 10.7. The van der Waals surface area contributed by atoms with Crippen molar-refractivity contribution in [2.45, 2.75) is 38.3 Å². The second-order valence-corrected chi connectivity index (χ2v) is 11.0. The van der Waals surface area contributed by atoms with Crippen LogP contribution in [0.1, 0.15) is 40.2 Å². The summed E-state index contributed by atoms with van der Waals surface area (Å²) >= 11 is 12.4. The molecular weight excluding hydrogens is 612 g/mol. The maximum absolute atomic E-state index is 14.3. The minimum Gasteiger partial charge on any atom is -0.490 e. The van der Waals surface area contributed by atoms with Crippen molar-refractivity contribution in [1.29, 1.82) is 5.26 Å². The lowest BCUT2D eigenvalue weighted by Crippen LogP contribution is -2.14. The molecule has 0 bridgehead atoms. The van der Waals surface area contributed by atoms with Crippen LogP contribution in [0.4, 0.5) is 13.2 Å². The molecule has 4 aromatic rings. The zero-order valence-corrected chi connectivity index (χ0v) is 25.8. The Morgan fingerprint density at radius 1 is 0.932 bits per heavy atom. The van der Waals surface area contributed by atoms with Crippen molar-refractivity contribution in [3.8, 4) is 28.8 Å². The van der Waals surface area contributed by atoms with Crippen LogP contribution in [0.2, 0.25) is 10.0 Å². The predicted molar refractivity (Wildman–Crippen MR) is 166 cm³/mol. The average Bonchev–Trinajstić information content (AvgIpc) is 2.99. The first-order valence-electron chi connectivity index (χ1n) is 13.9. The van der Waals surface area contributed by atoms with Gasteiger partial charge in [-0.3, -0.25) is 4.98 Å². The normalized spacial score (nSPS) is 12.0. The predicted octanol–water partition coefficient (Wildman–Crippen LogP) is 9.27. The summed E-state index contributed by atoms with van der Waals surface area (Å²) in [5.74, 6) is -0.139. The molecular formula is C34H31Cl2F3N2O3.